The summed E-state index contributed by atoms with van der Waals surface area (Å²) in [5.41, 5.74) is 0.736. The van der Waals surface area contributed by atoms with Crippen LogP contribution in [-0.2, 0) is 5.41 Å². The molecule has 0 atom stereocenters. The highest BCUT2D eigenvalue weighted by atomic mass is 19.1. The molecular formula is C11H10FNO. The second-order valence-electron chi connectivity index (χ2n) is 3.74. The molecule has 0 unspecified atom stereocenters. The Bertz CT molecular complexity index is 404. The molecule has 1 aliphatic rings. The molecule has 0 aliphatic heterocycles. The quantitative estimate of drug-likeness (QED) is 0.773. The van der Waals surface area contributed by atoms with Crippen LogP contribution in [0.3, 0.4) is 0 Å². The molecule has 2 rings (SSSR count). The van der Waals surface area contributed by atoms with Crippen LogP contribution in [0.1, 0.15) is 24.0 Å². The van der Waals surface area contributed by atoms with Gasteiger partial charge in [-0.3, -0.25) is 0 Å². The zero-order valence-corrected chi connectivity index (χ0v) is 7.63. The Labute approximate surface area is 81.6 Å². The number of nitriles is 1. The van der Waals surface area contributed by atoms with Crippen LogP contribution in [0.15, 0.2) is 18.2 Å². The largest absolute Gasteiger partial charge is 0.395 e. The molecule has 3 heteroatoms. The molecule has 1 aromatic rings. The minimum atomic E-state index is -0.495. The summed E-state index contributed by atoms with van der Waals surface area (Å²) < 4.78 is 13.0. The highest BCUT2D eigenvalue weighted by Gasteiger charge is 2.43. The van der Waals surface area contributed by atoms with Crippen molar-refractivity contribution in [2.45, 2.75) is 18.3 Å². The minimum Gasteiger partial charge on any atom is -0.395 e. The minimum absolute atomic E-state index is 0.0576. The van der Waals surface area contributed by atoms with Crippen molar-refractivity contribution in [3.63, 3.8) is 0 Å². The van der Waals surface area contributed by atoms with Gasteiger partial charge in [0.1, 0.15) is 11.9 Å². The SMILES string of the molecule is N#Cc1cc(C2(CO)CC2)ccc1F. The summed E-state index contributed by atoms with van der Waals surface area (Å²) in [6.45, 7) is 0.0729. The van der Waals surface area contributed by atoms with Gasteiger partial charge in [0.25, 0.3) is 0 Å². The van der Waals surface area contributed by atoms with Crippen LogP contribution < -0.4 is 0 Å². The number of halogens is 1. The lowest BCUT2D eigenvalue weighted by Gasteiger charge is -2.11. The monoisotopic (exact) mass is 191 g/mol. The fourth-order valence-corrected chi connectivity index (χ4v) is 1.63. The van der Waals surface area contributed by atoms with Gasteiger partial charge in [0.15, 0.2) is 0 Å². The van der Waals surface area contributed by atoms with Crippen molar-refractivity contribution in [2.75, 3.05) is 6.61 Å². The van der Waals surface area contributed by atoms with E-state index in [-0.39, 0.29) is 17.6 Å². The van der Waals surface area contributed by atoms with Crippen LogP contribution in [-0.4, -0.2) is 11.7 Å². The van der Waals surface area contributed by atoms with E-state index >= 15 is 0 Å². The second-order valence-corrected chi connectivity index (χ2v) is 3.74. The third-order valence-corrected chi connectivity index (χ3v) is 2.86. The van der Waals surface area contributed by atoms with Crippen molar-refractivity contribution in [1.29, 1.82) is 5.26 Å². The molecule has 1 aromatic carbocycles. The van der Waals surface area contributed by atoms with Gasteiger partial charge in [0, 0.05) is 5.41 Å². The smallest absolute Gasteiger partial charge is 0.140 e. The van der Waals surface area contributed by atoms with E-state index in [1.807, 2.05) is 0 Å². The summed E-state index contributed by atoms with van der Waals surface area (Å²) in [5.74, 6) is -0.495. The fourth-order valence-electron chi connectivity index (χ4n) is 1.63. The van der Waals surface area contributed by atoms with E-state index < -0.39 is 5.82 Å². The second kappa shape index (κ2) is 3.07. The molecule has 0 aromatic heterocycles. The molecule has 72 valence electrons. The van der Waals surface area contributed by atoms with Gasteiger partial charge in [0.2, 0.25) is 0 Å². The summed E-state index contributed by atoms with van der Waals surface area (Å²) in [6.07, 6.45) is 1.83. The van der Waals surface area contributed by atoms with E-state index in [1.165, 1.54) is 6.07 Å². The number of rotatable bonds is 2. The van der Waals surface area contributed by atoms with Crippen LogP contribution in [0.5, 0.6) is 0 Å². The summed E-state index contributed by atoms with van der Waals surface area (Å²) in [7, 11) is 0. The van der Waals surface area contributed by atoms with Gasteiger partial charge in [-0.15, -0.1) is 0 Å². The Balaban J connectivity index is 2.42. The topological polar surface area (TPSA) is 44.0 Å². The first-order valence-electron chi connectivity index (χ1n) is 4.53. The van der Waals surface area contributed by atoms with E-state index in [4.69, 9.17) is 10.4 Å². The molecule has 2 nitrogen and oxygen atoms in total. The Morgan fingerprint density at radius 1 is 1.50 bits per heavy atom. The molecule has 1 fully saturated rings. The lowest BCUT2D eigenvalue weighted by atomic mass is 9.95. The highest BCUT2D eigenvalue weighted by molar-refractivity contribution is 5.40. The molecule has 0 heterocycles. The zero-order chi connectivity index (χ0) is 10.2. The molecule has 1 saturated carbocycles. The first-order chi connectivity index (χ1) is 6.72. The fraction of sp³-hybridized carbons (Fsp3) is 0.364. The molecule has 0 radical (unpaired) electrons. The van der Waals surface area contributed by atoms with Crippen LogP contribution in [0.25, 0.3) is 0 Å². The summed E-state index contributed by atoms with van der Waals surface area (Å²) in [4.78, 5) is 0. The molecule has 0 spiro atoms. The van der Waals surface area contributed by atoms with Crippen LogP contribution in [0.2, 0.25) is 0 Å². The number of hydrogen-bond donors (Lipinski definition) is 1. The van der Waals surface area contributed by atoms with Gasteiger partial charge in [-0.25, -0.2) is 4.39 Å². The summed E-state index contributed by atoms with van der Waals surface area (Å²) >= 11 is 0. The van der Waals surface area contributed by atoms with Gasteiger partial charge in [-0.05, 0) is 30.5 Å². The van der Waals surface area contributed by atoms with E-state index in [2.05, 4.69) is 0 Å². The van der Waals surface area contributed by atoms with Crippen molar-refractivity contribution in [1.82, 2.24) is 0 Å². The first-order valence-corrected chi connectivity index (χ1v) is 4.53. The summed E-state index contributed by atoms with van der Waals surface area (Å²) in [5, 5.41) is 17.8. The lowest BCUT2D eigenvalue weighted by Crippen LogP contribution is -2.12. The zero-order valence-electron chi connectivity index (χ0n) is 7.63. The predicted molar refractivity (Wildman–Crippen MR) is 49.1 cm³/mol. The van der Waals surface area contributed by atoms with E-state index in [9.17, 15) is 4.39 Å². The first kappa shape index (κ1) is 9.17. The maximum Gasteiger partial charge on any atom is 0.140 e. The Morgan fingerprint density at radius 2 is 2.21 bits per heavy atom. The predicted octanol–water partition coefficient (Wildman–Crippen LogP) is 1.72. The third-order valence-electron chi connectivity index (χ3n) is 2.86. The van der Waals surface area contributed by atoms with E-state index in [1.54, 1.807) is 18.2 Å². The third kappa shape index (κ3) is 1.28. The Kier molecular flexibility index (Phi) is 2.01. The highest BCUT2D eigenvalue weighted by Crippen LogP contribution is 2.47. The molecule has 14 heavy (non-hydrogen) atoms. The van der Waals surface area contributed by atoms with Gasteiger partial charge >= 0.3 is 0 Å². The van der Waals surface area contributed by atoms with E-state index in [0.717, 1.165) is 18.4 Å². The maximum absolute atomic E-state index is 13.0. The average molecular weight is 191 g/mol. The number of nitrogens with zero attached hydrogens (tertiary/aromatic N) is 1. The number of benzene rings is 1. The Morgan fingerprint density at radius 3 is 2.71 bits per heavy atom. The number of hydrogen-bond acceptors (Lipinski definition) is 2. The van der Waals surface area contributed by atoms with Gasteiger partial charge in [-0.1, -0.05) is 6.07 Å². The molecule has 0 saturated heterocycles. The number of aliphatic hydroxyl groups excluding tert-OH is 1. The van der Waals surface area contributed by atoms with Crippen LogP contribution in [0.4, 0.5) is 4.39 Å². The van der Waals surface area contributed by atoms with Crippen molar-refractivity contribution >= 4 is 0 Å². The normalized spacial score (nSPS) is 17.5. The number of aliphatic hydroxyl groups is 1. The molecular weight excluding hydrogens is 181 g/mol. The van der Waals surface area contributed by atoms with Gasteiger partial charge in [0.05, 0.1) is 12.2 Å². The molecule has 0 amide bonds. The molecule has 1 N–H and O–H groups in total. The van der Waals surface area contributed by atoms with Crippen molar-refractivity contribution in [2.24, 2.45) is 0 Å². The molecule has 0 bridgehead atoms. The van der Waals surface area contributed by atoms with Crippen LogP contribution in [0, 0.1) is 17.1 Å². The summed E-state index contributed by atoms with van der Waals surface area (Å²) in [6, 6.07) is 6.29. The van der Waals surface area contributed by atoms with Crippen molar-refractivity contribution in [3.8, 4) is 6.07 Å². The van der Waals surface area contributed by atoms with Gasteiger partial charge < -0.3 is 5.11 Å². The molecule has 1 aliphatic carbocycles. The van der Waals surface area contributed by atoms with Crippen molar-refractivity contribution in [3.05, 3.63) is 35.1 Å². The van der Waals surface area contributed by atoms with E-state index in [0.29, 0.717) is 0 Å². The maximum atomic E-state index is 13.0. The average Bonchev–Trinajstić information content (AvgIpc) is 2.99. The standard InChI is InChI=1S/C11H10FNO/c12-10-2-1-9(5-8(10)6-13)11(7-14)3-4-11/h1-2,5,14H,3-4,7H2. The lowest BCUT2D eigenvalue weighted by molar-refractivity contribution is 0.255. The Hall–Kier alpha value is -1.40. The van der Waals surface area contributed by atoms with Crippen LogP contribution >= 0.6 is 0 Å². The van der Waals surface area contributed by atoms with Crippen molar-refractivity contribution < 1.29 is 9.50 Å². The van der Waals surface area contributed by atoms with Gasteiger partial charge in [-0.2, -0.15) is 5.26 Å².